The summed E-state index contributed by atoms with van der Waals surface area (Å²) in [6.45, 7) is -0.440. The minimum atomic E-state index is -1.08. The molecule has 102 valence electrons. The van der Waals surface area contributed by atoms with Crippen LogP contribution in [0.1, 0.15) is 11.7 Å². The standard InChI is InChI=1S/C12H18O6/c1-16-9-4-7(5-10(17-2)11(9)15)12(18-3)8(14)6-13/h4-5,8,12-15H,6H2,1-3H3. The average Bonchev–Trinajstić information content (AvgIpc) is 2.40. The SMILES string of the molecule is COc1cc(C(OC)C(O)CO)cc(OC)c1O. The average molecular weight is 258 g/mol. The van der Waals surface area contributed by atoms with E-state index in [2.05, 4.69) is 0 Å². The van der Waals surface area contributed by atoms with Gasteiger partial charge in [-0.2, -0.15) is 0 Å². The number of benzene rings is 1. The lowest BCUT2D eigenvalue weighted by atomic mass is 10.0. The van der Waals surface area contributed by atoms with Gasteiger partial charge in [-0.25, -0.2) is 0 Å². The molecule has 0 amide bonds. The largest absolute Gasteiger partial charge is 0.502 e. The highest BCUT2D eigenvalue weighted by molar-refractivity contribution is 5.53. The van der Waals surface area contributed by atoms with Crippen LogP contribution >= 0.6 is 0 Å². The van der Waals surface area contributed by atoms with E-state index < -0.39 is 18.8 Å². The second-order valence-corrected chi connectivity index (χ2v) is 3.68. The Bertz CT molecular complexity index is 367. The molecule has 0 fully saturated rings. The first-order valence-electron chi connectivity index (χ1n) is 5.35. The Hall–Kier alpha value is -1.50. The van der Waals surface area contributed by atoms with Crippen molar-refractivity contribution in [3.8, 4) is 17.2 Å². The van der Waals surface area contributed by atoms with Crippen LogP contribution in [0.4, 0.5) is 0 Å². The van der Waals surface area contributed by atoms with Crippen LogP contribution in [0.25, 0.3) is 0 Å². The molecule has 18 heavy (non-hydrogen) atoms. The highest BCUT2D eigenvalue weighted by atomic mass is 16.5. The Morgan fingerprint density at radius 2 is 1.61 bits per heavy atom. The van der Waals surface area contributed by atoms with E-state index in [9.17, 15) is 10.2 Å². The zero-order valence-corrected chi connectivity index (χ0v) is 10.6. The molecule has 1 aromatic carbocycles. The lowest BCUT2D eigenvalue weighted by Crippen LogP contribution is -2.23. The first-order valence-corrected chi connectivity index (χ1v) is 5.35. The molecule has 0 aliphatic carbocycles. The second kappa shape index (κ2) is 6.44. The lowest BCUT2D eigenvalue weighted by molar-refractivity contribution is -0.0394. The summed E-state index contributed by atoms with van der Waals surface area (Å²) < 4.78 is 15.1. The number of aliphatic hydroxyl groups is 2. The van der Waals surface area contributed by atoms with Gasteiger partial charge in [-0.1, -0.05) is 0 Å². The molecular formula is C12H18O6. The smallest absolute Gasteiger partial charge is 0.200 e. The molecule has 2 atom stereocenters. The Kier molecular flexibility index (Phi) is 5.21. The number of hydrogen-bond donors (Lipinski definition) is 3. The summed E-state index contributed by atoms with van der Waals surface area (Å²) >= 11 is 0. The van der Waals surface area contributed by atoms with Gasteiger partial charge in [0, 0.05) is 7.11 Å². The van der Waals surface area contributed by atoms with E-state index in [1.807, 2.05) is 0 Å². The van der Waals surface area contributed by atoms with Gasteiger partial charge >= 0.3 is 0 Å². The van der Waals surface area contributed by atoms with Crippen molar-refractivity contribution in [1.29, 1.82) is 0 Å². The number of rotatable bonds is 6. The first-order chi connectivity index (χ1) is 8.58. The van der Waals surface area contributed by atoms with E-state index in [0.29, 0.717) is 5.56 Å². The number of hydrogen-bond acceptors (Lipinski definition) is 6. The second-order valence-electron chi connectivity index (χ2n) is 3.68. The highest BCUT2D eigenvalue weighted by Gasteiger charge is 2.23. The normalized spacial score (nSPS) is 14.1. The molecule has 3 N–H and O–H groups in total. The number of ether oxygens (including phenoxy) is 3. The summed E-state index contributed by atoms with van der Waals surface area (Å²) in [7, 11) is 4.22. The van der Waals surface area contributed by atoms with Crippen molar-refractivity contribution in [2.24, 2.45) is 0 Å². The van der Waals surface area contributed by atoms with Crippen molar-refractivity contribution in [1.82, 2.24) is 0 Å². The summed E-state index contributed by atoms with van der Waals surface area (Å²) in [4.78, 5) is 0. The molecule has 0 radical (unpaired) electrons. The van der Waals surface area contributed by atoms with Crippen molar-refractivity contribution in [3.05, 3.63) is 17.7 Å². The number of phenolic OH excluding ortho intramolecular Hbond substituents is 1. The molecule has 0 saturated carbocycles. The van der Waals surface area contributed by atoms with Gasteiger partial charge in [-0.15, -0.1) is 0 Å². The molecule has 2 unspecified atom stereocenters. The van der Waals surface area contributed by atoms with Crippen LogP contribution in [-0.2, 0) is 4.74 Å². The summed E-state index contributed by atoms with van der Waals surface area (Å²) in [5.74, 6) is 0.283. The number of aromatic hydroxyl groups is 1. The predicted molar refractivity (Wildman–Crippen MR) is 64.1 cm³/mol. The van der Waals surface area contributed by atoms with E-state index in [4.69, 9.17) is 19.3 Å². The number of methoxy groups -OCH3 is 3. The van der Waals surface area contributed by atoms with Crippen molar-refractivity contribution < 1.29 is 29.5 Å². The van der Waals surface area contributed by atoms with Gasteiger partial charge in [0.2, 0.25) is 5.75 Å². The molecule has 0 aliphatic rings. The van der Waals surface area contributed by atoms with E-state index in [1.54, 1.807) is 0 Å². The molecule has 0 aliphatic heterocycles. The first kappa shape index (κ1) is 14.6. The molecule has 0 saturated heterocycles. The zero-order chi connectivity index (χ0) is 13.7. The third-order valence-corrected chi connectivity index (χ3v) is 2.62. The van der Waals surface area contributed by atoms with Gasteiger partial charge < -0.3 is 29.5 Å². The third-order valence-electron chi connectivity index (χ3n) is 2.62. The molecule has 0 spiro atoms. The number of phenols is 1. The topological polar surface area (TPSA) is 88.4 Å². The fraction of sp³-hybridized carbons (Fsp3) is 0.500. The molecule has 6 heteroatoms. The van der Waals surface area contributed by atoms with Crippen molar-refractivity contribution >= 4 is 0 Å². The Balaban J connectivity index is 3.22. The van der Waals surface area contributed by atoms with Crippen LogP contribution in [0.2, 0.25) is 0 Å². The van der Waals surface area contributed by atoms with Crippen LogP contribution in [-0.4, -0.2) is 49.4 Å². The molecule has 0 aromatic heterocycles. The van der Waals surface area contributed by atoms with E-state index >= 15 is 0 Å². The van der Waals surface area contributed by atoms with Crippen molar-refractivity contribution in [2.75, 3.05) is 27.9 Å². The molecule has 0 bridgehead atoms. The van der Waals surface area contributed by atoms with Gasteiger partial charge in [0.15, 0.2) is 11.5 Å². The number of aliphatic hydroxyl groups excluding tert-OH is 2. The van der Waals surface area contributed by atoms with Crippen molar-refractivity contribution in [3.63, 3.8) is 0 Å². The third kappa shape index (κ3) is 2.84. The van der Waals surface area contributed by atoms with E-state index in [1.165, 1.54) is 33.5 Å². The Labute approximate surface area is 105 Å². The molecule has 6 nitrogen and oxygen atoms in total. The highest BCUT2D eigenvalue weighted by Crippen LogP contribution is 2.39. The minimum Gasteiger partial charge on any atom is -0.502 e. The van der Waals surface area contributed by atoms with Gasteiger partial charge in [-0.3, -0.25) is 0 Å². The Morgan fingerprint density at radius 1 is 1.11 bits per heavy atom. The maximum Gasteiger partial charge on any atom is 0.200 e. The summed E-state index contributed by atoms with van der Waals surface area (Å²) in [6, 6.07) is 3.04. The quantitative estimate of drug-likeness (QED) is 0.686. The van der Waals surface area contributed by atoms with Gasteiger partial charge in [-0.05, 0) is 17.7 Å². The predicted octanol–water partition coefficient (Wildman–Crippen LogP) is 0.450. The maximum atomic E-state index is 9.76. The molecule has 1 rings (SSSR count). The van der Waals surface area contributed by atoms with Crippen LogP contribution in [0, 0.1) is 0 Å². The molecular weight excluding hydrogens is 240 g/mol. The van der Waals surface area contributed by atoms with Crippen LogP contribution < -0.4 is 9.47 Å². The minimum absolute atomic E-state index is 0.128. The van der Waals surface area contributed by atoms with Gasteiger partial charge in [0.05, 0.1) is 20.8 Å². The summed E-state index contributed by atoms with van der Waals surface area (Å²) in [5.41, 5.74) is 0.533. The monoisotopic (exact) mass is 258 g/mol. The van der Waals surface area contributed by atoms with E-state index in [0.717, 1.165) is 0 Å². The Morgan fingerprint density at radius 3 is 1.94 bits per heavy atom. The molecule has 0 heterocycles. The summed E-state index contributed by atoms with van der Waals surface area (Å²) in [6.07, 6.45) is -1.81. The van der Waals surface area contributed by atoms with Crippen LogP contribution in [0.3, 0.4) is 0 Å². The van der Waals surface area contributed by atoms with Crippen LogP contribution in [0.15, 0.2) is 12.1 Å². The molecule has 1 aromatic rings. The van der Waals surface area contributed by atoms with Gasteiger partial charge in [0.25, 0.3) is 0 Å². The fourth-order valence-electron chi connectivity index (χ4n) is 1.69. The fourth-order valence-corrected chi connectivity index (χ4v) is 1.69. The lowest BCUT2D eigenvalue weighted by Gasteiger charge is -2.21. The van der Waals surface area contributed by atoms with Crippen molar-refractivity contribution in [2.45, 2.75) is 12.2 Å². The maximum absolute atomic E-state index is 9.76. The van der Waals surface area contributed by atoms with Gasteiger partial charge in [0.1, 0.15) is 12.2 Å². The zero-order valence-electron chi connectivity index (χ0n) is 10.6. The summed E-state index contributed by atoms with van der Waals surface area (Å²) in [5, 5.41) is 28.4. The van der Waals surface area contributed by atoms with E-state index in [-0.39, 0.29) is 17.2 Å². The van der Waals surface area contributed by atoms with Crippen LogP contribution in [0.5, 0.6) is 17.2 Å².